The van der Waals surface area contributed by atoms with E-state index in [2.05, 4.69) is 20.1 Å². The first kappa shape index (κ1) is 13.0. The second kappa shape index (κ2) is 5.19. The molecule has 0 bridgehead atoms. The first-order chi connectivity index (χ1) is 9.63. The lowest BCUT2D eigenvalue weighted by Gasteiger charge is -2.00. The molecule has 2 heterocycles. The molecule has 20 heavy (non-hydrogen) atoms. The lowest BCUT2D eigenvalue weighted by molar-refractivity contribution is 0.797. The van der Waals surface area contributed by atoms with E-state index < -0.39 is 0 Å². The minimum atomic E-state index is 0.0365. The molecular formula is C13H9Cl2N5. The smallest absolute Gasteiger partial charge is 0.205 e. The van der Waals surface area contributed by atoms with E-state index in [4.69, 9.17) is 23.2 Å². The van der Waals surface area contributed by atoms with Crippen molar-refractivity contribution in [3.63, 3.8) is 0 Å². The number of nitrogens with zero attached hydrogens (tertiary/aromatic N) is 5. The summed E-state index contributed by atoms with van der Waals surface area (Å²) in [5.74, 6) is 0.292. The third kappa shape index (κ3) is 2.50. The van der Waals surface area contributed by atoms with Crippen LogP contribution in [-0.2, 0) is 0 Å². The van der Waals surface area contributed by atoms with Crippen LogP contribution < -0.4 is 0 Å². The first-order valence-corrected chi connectivity index (χ1v) is 6.58. The van der Waals surface area contributed by atoms with Gasteiger partial charge in [-0.3, -0.25) is 0 Å². The number of halogens is 2. The average Bonchev–Trinajstić information content (AvgIpc) is 2.81. The molecule has 0 fully saturated rings. The van der Waals surface area contributed by atoms with Gasteiger partial charge in [-0.05, 0) is 35.7 Å². The molecule has 0 unspecified atom stereocenters. The molecule has 0 amide bonds. The van der Waals surface area contributed by atoms with Gasteiger partial charge >= 0.3 is 0 Å². The van der Waals surface area contributed by atoms with Gasteiger partial charge in [-0.15, -0.1) is 0 Å². The molecule has 0 saturated heterocycles. The number of benzene rings is 1. The van der Waals surface area contributed by atoms with E-state index in [1.54, 1.807) is 0 Å². The molecule has 2 aromatic heterocycles. The van der Waals surface area contributed by atoms with Gasteiger partial charge in [-0.25, -0.2) is 4.68 Å². The topological polar surface area (TPSA) is 56.5 Å². The van der Waals surface area contributed by atoms with Crippen LogP contribution in [0.2, 0.25) is 10.6 Å². The predicted octanol–water partition coefficient (Wildman–Crippen LogP) is 3.34. The fourth-order valence-corrected chi connectivity index (χ4v) is 2.22. The van der Waals surface area contributed by atoms with Crippen molar-refractivity contribution >= 4 is 23.2 Å². The third-order valence-corrected chi connectivity index (χ3v) is 3.06. The highest BCUT2D eigenvalue weighted by Crippen LogP contribution is 2.22. The van der Waals surface area contributed by atoms with Crippen molar-refractivity contribution in [2.24, 2.45) is 0 Å². The van der Waals surface area contributed by atoms with Gasteiger partial charge < -0.3 is 0 Å². The number of aryl methyl sites for hydroxylation is 1. The van der Waals surface area contributed by atoms with Gasteiger partial charge in [-0.2, -0.15) is 20.1 Å². The van der Waals surface area contributed by atoms with Gasteiger partial charge in [-0.1, -0.05) is 30.3 Å². The predicted molar refractivity (Wildman–Crippen MR) is 77.1 cm³/mol. The van der Waals surface area contributed by atoms with Gasteiger partial charge in [0.2, 0.25) is 10.6 Å². The van der Waals surface area contributed by atoms with Gasteiger partial charge in [0.1, 0.15) is 0 Å². The van der Waals surface area contributed by atoms with Crippen LogP contribution in [0.1, 0.15) is 5.56 Å². The van der Waals surface area contributed by atoms with Crippen LogP contribution in [-0.4, -0.2) is 24.7 Å². The number of hydrogen-bond donors (Lipinski definition) is 0. The zero-order valence-electron chi connectivity index (χ0n) is 10.5. The van der Waals surface area contributed by atoms with Crippen LogP contribution in [0.25, 0.3) is 17.2 Å². The Labute approximate surface area is 125 Å². The minimum absolute atomic E-state index is 0.0365. The van der Waals surface area contributed by atoms with Crippen LogP contribution in [0.15, 0.2) is 36.5 Å². The summed E-state index contributed by atoms with van der Waals surface area (Å²) in [6.45, 7) is 1.97. The maximum atomic E-state index is 5.78. The highest BCUT2D eigenvalue weighted by atomic mass is 35.5. The van der Waals surface area contributed by atoms with Gasteiger partial charge in [0.05, 0.1) is 5.69 Å². The largest absolute Gasteiger partial charge is 0.256 e. The van der Waals surface area contributed by atoms with Crippen molar-refractivity contribution in [2.75, 3.05) is 0 Å². The Morgan fingerprint density at radius 2 is 1.60 bits per heavy atom. The van der Waals surface area contributed by atoms with Crippen LogP contribution in [0.5, 0.6) is 0 Å². The summed E-state index contributed by atoms with van der Waals surface area (Å²) in [5.41, 5.74) is 2.89. The van der Waals surface area contributed by atoms with E-state index in [9.17, 15) is 0 Å². The third-order valence-electron chi connectivity index (χ3n) is 2.72. The Morgan fingerprint density at radius 3 is 2.25 bits per heavy atom. The second-order valence-electron chi connectivity index (χ2n) is 4.14. The summed E-state index contributed by atoms with van der Waals surface area (Å²) in [6, 6.07) is 9.87. The molecule has 3 aromatic rings. The van der Waals surface area contributed by atoms with Crippen molar-refractivity contribution in [1.82, 2.24) is 24.7 Å². The summed E-state index contributed by atoms with van der Waals surface area (Å²) in [5, 5.41) is 4.55. The number of rotatable bonds is 2. The van der Waals surface area contributed by atoms with Crippen molar-refractivity contribution in [3.05, 3.63) is 52.7 Å². The van der Waals surface area contributed by atoms with Crippen LogP contribution in [0.4, 0.5) is 0 Å². The molecule has 0 aliphatic heterocycles. The van der Waals surface area contributed by atoms with Crippen LogP contribution >= 0.6 is 23.2 Å². The Balaban J connectivity index is 2.09. The standard InChI is InChI=1S/C13H9Cl2N5/c1-8-7-20(13-17-11(14)16-12(15)18-13)19-10(8)9-5-3-2-4-6-9/h2-7H,1H3. The highest BCUT2D eigenvalue weighted by molar-refractivity contribution is 6.31. The fraction of sp³-hybridized carbons (Fsp3) is 0.0769. The van der Waals surface area contributed by atoms with E-state index >= 15 is 0 Å². The molecule has 0 spiro atoms. The van der Waals surface area contributed by atoms with E-state index in [0.717, 1.165) is 16.8 Å². The summed E-state index contributed by atoms with van der Waals surface area (Å²) in [7, 11) is 0. The maximum absolute atomic E-state index is 5.78. The summed E-state index contributed by atoms with van der Waals surface area (Å²) in [6.07, 6.45) is 1.82. The van der Waals surface area contributed by atoms with E-state index in [-0.39, 0.29) is 10.6 Å². The van der Waals surface area contributed by atoms with E-state index in [1.807, 2.05) is 43.5 Å². The molecule has 3 rings (SSSR count). The maximum Gasteiger partial charge on any atom is 0.256 e. The fourth-order valence-electron chi connectivity index (χ4n) is 1.86. The van der Waals surface area contributed by atoms with Crippen molar-refractivity contribution in [1.29, 1.82) is 0 Å². The molecule has 0 N–H and O–H groups in total. The summed E-state index contributed by atoms with van der Waals surface area (Å²) >= 11 is 11.6. The Kier molecular flexibility index (Phi) is 3.38. The normalized spacial score (nSPS) is 10.8. The lowest BCUT2D eigenvalue weighted by Crippen LogP contribution is -2.03. The van der Waals surface area contributed by atoms with E-state index in [1.165, 1.54) is 4.68 Å². The molecule has 100 valence electrons. The molecule has 0 saturated carbocycles. The van der Waals surface area contributed by atoms with Crippen molar-refractivity contribution < 1.29 is 0 Å². The average molecular weight is 306 g/mol. The second-order valence-corrected chi connectivity index (χ2v) is 4.82. The molecule has 5 nitrogen and oxygen atoms in total. The Morgan fingerprint density at radius 1 is 0.950 bits per heavy atom. The van der Waals surface area contributed by atoms with Gasteiger partial charge in [0.25, 0.3) is 5.95 Å². The number of aromatic nitrogens is 5. The highest BCUT2D eigenvalue weighted by Gasteiger charge is 2.11. The zero-order valence-corrected chi connectivity index (χ0v) is 12.0. The van der Waals surface area contributed by atoms with Crippen molar-refractivity contribution in [2.45, 2.75) is 6.92 Å². The first-order valence-electron chi connectivity index (χ1n) is 5.82. The van der Waals surface area contributed by atoms with Crippen LogP contribution in [0, 0.1) is 6.92 Å². The molecule has 0 radical (unpaired) electrons. The van der Waals surface area contributed by atoms with Gasteiger partial charge in [0.15, 0.2) is 0 Å². The molecule has 0 aliphatic carbocycles. The Hall–Kier alpha value is -1.98. The van der Waals surface area contributed by atoms with Gasteiger partial charge in [0, 0.05) is 11.8 Å². The molecule has 7 heteroatoms. The van der Waals surface area contributed by atoms with E-state index in [0.29, 0.717) is 5.95 Å². The Bertz CT molecular complexity index is 734. The molecule has 0 aliphatic rings. The number of hydrogen-bond acceptors (Lipinski definition) is 4. The summed E-state index contributed by atoms with van der Waals surface area (Å²) in [4.78, 5) is 11.7. The molecule has 0 atom stereocenters. The summed E-state index contributed by atoms with van der Waals surface area (Å²) < 4.78 is 1.54. The molecule has 1 aromatic carbocycles. The lowest BCUT2D eigenvalue weighted by atomic mass is 10.1. The minimum Gasteiger partial charge on any atom is -0.205 e. The zero-order chi connectivity index (χ0) is 14.1. The quantitative estimate of drug-likeness (QED) is 0.728. The van der Waals surface area contributed by atoms with Crippen molar-refractivity contribution in [3.8, 4) is 17.2 Å². The van der Waals surface area contributed by atoms with Crippen LogP contribution in [0.3, 0.4) is 0 Å². The molecular weight excluding hydrogens is 297 g/mol. The monoisotopic (exact) mass is 305 g/mol. The SMILES string of the molecule is Cc1cn(-c2nc(Cl)nc(Cl)n2)nc1-c1ccccc1.